The smallest absolute Gasteiger partial charge is 0.222 e. The van der Waals surface area contributed by atoms with E-state index in [1.54, 1.807) is 4.90 Å². The number of carbonyl (C=O) groups is 1. The Kier molecular flexibility index (Phi) is 5.61. The van der Waals surface area contributed by atoms with Gasteiger partial charge < -0.3 is 10.0 Å². The van der Waals surface area contributed by atoms with Crippen molar-refractivity contribution < 1.29 is 9.90 Å². The lowest BCUT2D eigenvalue weighted by atomic mass is 9.96. The number of rotatable bonds is 4. The number of unbranched alkanes of at least 4 members (excludes halogenated alkanes) is 1. The van der Waals surface area contributed by atoms with Gasteiger partial charge in [0.25, 0.3) is 0 Å². The second-order valence-corrected chi connectivity index (χ2v) is 5.11. The molecular formula is C11H20BrNO2. The molecule has 0 aromatic rings. The van der Waals surface area contributed by atoms with Gasteiger partial charge in [-0.15, -0.1) is 0 Å². The van der Waals surface area contributed by atoms with Crippen molar-refractivity contribution in [3.63, 3.8) is 0 Å². The maximum atomic E-state index is 11.7. The first-order chi connectivity index (χ1) is 7.15. The lowest BCUT2D eigenvalue weighted by Crippen LogP contribution is -2.45. The molecule has 4 heteroatoms. The number of hydrogen-bond donors (Lipinski definition) is 1. The Morgan fingerprint density at radius 3 is 2.87 bits per heavy atom. The molecule has 0 bridgehead atoms. The monoisotopic (exact) mass is 277 g/mol. The summed E-state index contributed by atoms with van der Waals surface area (Å²) in [5, 5.41) is 10.6. The molecule has 1 saturated heterocycles. The molecule has 2 atom stereocenters. The number of likely N-dealkylation sites (tertiary alicyclic amines) is 1. The molecule has 1 aliphatic rings. The summed E-state index contributed by atoms with van der Waals surface area (Å²) < 4.78 is 0. The summed E-state index contributed by atoms with van der Waals surface area (Å²) in [6, 6.07) is 0. The highest BCUT2D eigenvalue weighted by Crippen LogP contribution is 2.18. The summed E-state index contributed by atoms with van der Waals surface area (Å²) in [6.45, 7) is 3.37. The minimum Gasteiger partial charge on any atom is -0.391 e. The fourth-order valence-corrected chi connectivity index (χ4v) is 2.20. The summed E-state index contributed by atoms with van der Waals surface area (Å²) in [5.41, 5.74) is 0. The van der Waals surface area contributed by atoms with Gasteiger partial charge in [-0.3, -0.25) is 4.79 Å². The lowest BCUT2D eigenvalue weighted by Gasteiger charge is -2.34. The van der Waals surface area contributed by atoms with E-state index >= 15 is 0 Å². The number of amides is 1. The van der Waals surface area contributed by atoms with Crippen molar-refractivity contribution in [1.82, 2.24) is 4.90 Å². The molecule has 0 aromatic carbocycles. The largest absolute Gasteiger partial charge is 0.391 e. The van der Waals surface area contributed by atoms with Crippen molar-refractivity contribution >= 4 is 21.8 Å². The Labute approximate surface area is 100.0 Å². The molecule has 1 fully saturated rings. The van der Waals surface area contributed by atoms with Crippen molar-refractivity contribution in [2.75, 3.05) is 18.4 Å². The Balaban J connectivity index is 2.28. The molecule has 2 unspecified atom stereocenters. The summed E-state index contributed by atoms with van der Waals surface area (Å²) in [5.74, 6) is 0.526. The van der Waals surface area contributed by atoms with Crippen molar-refractivity contribution in [2.45, 2.75) is 38.7 Å². The Bertz CT molecular complexity index is 211. The molecule has 0 aromatic heterocycles. The van der Waals surface area contributed by atoms with Gasteiger partial charge in [-0.25, -0.2) is 0 Å². The van der Waals surface area contributed by atoms with E-state index < -0.39 is 0 Å². The molecule has 15 heavy (non-hydrogen) atoms. The first-order valence-corrected chi connectivity index (χ1v) is 6.79. The Morgan fingerprint density at radius 1 is 1.53 bits per heavy atom. The van der Waals surface area contributed by atoms with Crippen LogP contribution in [0.25, 0.3) is 0 Å². The highest BCUT2D eigenvalue weighted by molar-refractivity contribution is 9.09. The number of hydrogen-bond acceptors (Lipinski definition) is 2. The van der Waals surface area contributed by atoms with E-state index in [0.29, 0.717) is 18.9 Å². The van der Waals surface area contributed by atoms with Gasteiger partial charge in [-0.05, 0) is 25.2 Å². The summed E-state index contributed by atoms with van der Waals surface area (Å²) >= 11 is 3.35. The number of piperidine rings is 1. The fourth-order valence-electron chi connectivity index (χ4n) is 1.80. The van der Waals surface area contributed by atoms with Gasteiger partial charge >= 0.3 is 0 Å². The number of alkyl halides is 1. The Morgan fingerprint density at radius 2 is 2.27 bits per heavy atom. The van der Waals surface area contributed by atoms with E-state index in [1.807, 2.05) is 6.92 Å². The topological polar surface area (TPSA) is 40.5 Å². The highest BCUT2D eigenvalue weighted by atomic mass is 79.9. The SMILES string of the molecule is CC1CCN(C(=O)CCCCBr)CC1O. The van der Waals surface area contributed by atoms with Crippen LogP contribution in [0.3, 0.4) is 0 Å². The molecule has 1 amide bonds. The first kappa shape index (κ1) is 13.0. The zero-order valence-corrected chi connectivity index (χ0v) is 10.9. The fraction of sp³-hybridized carbons (Fsp3) is 0.909. The van der Waals surface area contributed by atoms with Gasteiger partial charge in [0.1, 0.15) is 0 Å². The van der Waals surface area contributed by atoms with Crippen LogP contribution in [0.4, 0.5) is 0 Å². The third kappa shape index (κ3) is 4.11. The molecule has 3 nitrogen and oxygen atoms in total. The quantitative estimate of drug-likeness (QED) is 0.629. The summed E-state index contributed by atoms with van der Waals surface area (Å²) in [7, 11) is 0. The van der Waals surface area contributed by atoms with E-state index in [-0.39, 0.29) is 12.0 Å². The molecule has 1 N–H and O–H groups in total. The van der Waals surface area contributed by atoms with Crippen molar-refractivity contribution in [1.29, 1.82) is 0 Å². The van der Waals surface area contributed by atoms with Gasteiger partial charge in [0.15, 0.2) is 0 Å². The summed E-state index contributed by atoms with van der Waals surface area (Å²) in [6.07, 6.45) is 3.18. The molecule has 0 aliphatic carbocycles. The first-order valence-electron chi connectivity index (χ1n) is 5.67. The maximum Gasteiger partial charge on any atom is 0.222 e. The van der Waals surface area contributed by atoms with Crippen LogP contribution in [0.15, 0.2) is 0 Å². The predicted molar refractivity (Wildman–Crippen MR) is 64.0 cm³/mol. The zero-order valence-electron chi connectivity index (χ0n) is 9.29. The maximum absolute atomic E-state index is 11.7. The van der Waals surface area contributed by atoms with Gasteiger partial charge in [0.05, 0.1) is 6.10 Å². The van der Waals surface area contributed by atoms with E-state index in [2.05, 4.69) is 15.9 Å². The van der Waals surface area contributed by atoms with Crippen LogP contribution in [-0.4, -0.2) is 40.4 Å². The van der Waals surface area contributed by atoms with Crippen molar-refractivity contribution in [3.8, 4) is 0 Å². The van der Waals surface area contributed by atoms with Crippen LogP contribution in [0.2, 0.25) is 0 Å². The predicted octanol–water partition coefficient (Wildman–Crippen LogP) is 1.78. The third-order valence-electron chi connectivity index (χ3n) is 3.05. The van der Waals surface area contributed by atoms with Crippen LogP contribution in [0, 0.1) is 5.92 Å². The van der Waals surface area contributed by atoms with E-state index in [9.17, 15) is 9.90 Å². The molecular weight excluding hydrogens is 258 g/mol. The minimum absolute atomic E-state index is 0.196. The normalized spacial score (nSPS) is 26.7. The van der Waals surface area contributed by atoms with Gasteiger partial charge in [0.2, 0.25) is 5.91 Å². The number of carbonyl (C=O) groups excluding carboxylic acids is 1. The molecule has 0 radical (unpaired) electrons. The van der Waals surface area contributed by atoms with Gasteiger partial charge in [-0.1, -0.05) is 22.9 Å². The molecule has 1 aliphatic heterocycles. The van der Waals surface area contributed by atoms with E-state index in [1.165, 1.54) is 0 Å². The number of aliphatic hydroxyl groups excluding tert-OH is 1. The average Bonchev–Trinajstić information content (AvgIpc) is 2.22. The van der Waals surface area contributed by atoms with E-state index in [4.69, 9.17) is 0 Å². The average molecular weight is 278 g/mol. The molecule has 0 saturated carbocycles. The number of halogens is 1. The molecule has 1 heterocycles. The third-order valence-corrected chi connectivity index (χ3v) is 3.61. The standard InChI is InChI=1S/C11H20BrNO2/c1-9-5-7-13(8-10(9)14)11(15)4-2-3-6-12/h9-10,14H,2-8H2,1H3. The van der Waals surface area contributed by atoms with Crippen molar-refractivity contribution in [2.24, 2.45) is 5.92 Å². The zero-order chi connectivity index (χ0) is 11.3. The number of nitrogens with zero attached hydrogens (tertiary/aromatic N) is 1. The molecule has 1 rings (SSSR count). The second kappa shape index (κ2) is 6.48. The van der Waals surface area contributed by atoms with Crippen LogP contribution in [-0.2, 0) is 4.79 Å². The highest BCUT2D eigenvalue weighted by Gasteiger charge is 2.26. The summed E-state index contributed by atoms with van der Waals surface area (Å²) in [4.78, 5) is 13.5. The Hall–Kier alpha value is -0.0900. The lowest BCUT2D eigenvalue weighted by molar-refractivity contribution is -0.135. The number of aliphatic hydroxyl groups is 1. The molecule has 88 valence electrons. The van der Waals surface area contributed by atoms with Gasteiger partial charge in [0, 0.05) is 24.8 Å². The minimum atomic E-state index is -0.334. The van der Waals surface area contributed by atoms with E-state index in [0.717, 1.165) is 31.1 Å². The number of β-amino-alcohol motifs (C(OH)–C–C–N with tert-alkyl or cyclic N) is 1. The van der Waals surface area contributed by atoms with Crippen LogP contribution in [0.5, 0.6) is 0 Å². The van der Waals surface area contributed by atoms with Crippen LogP contribution >= 0.6 is 15.9 Å². The van der Waals surface area contributed by atoms with Crippen LogP contribution in [0.1, 0.15) is 32.6 Å². The van der Waals surface area contributed by atoms with Crippen LogP contribution < -0.4 is 0 Å². The van der Waals surface area contributed by atoms with Crippen molar-refractivity contribution in [3.05, 3.63) is 0 Å². The second-order valence-electron chi connectivity index (χ2n) is 4.32. The van der Waals surface area contributed by atoms with Gasteiger partial charge in [-0.2, -0.15) is 0 Å². The molecule has 0 spiro atoms.